The molecule has 1 aliphatic heterocycles. The van der Waals surface area contributed by atoms with Gasteiger partial charge in [-0.25, -0.2) is 9.90 Å². The van der Waals surface area contributed by atoms with E-state index in [4.69, 9.17) is 22.4 Å². The Morgan fingerprint density at radius 3 is 2.81 bits per heavy atom. The van der Waals surface area contributed by atoms with Crippen molar-refractivity contribution < 1.29 is 9.63 Å². The van der Waals surface area contributed by atoms with Crippen molar-refractivity contribution in [1.82, 2.24) is 15.3 Å². The lowest BCUT2D eigenvalue weighted by Gasteiger charge is -2.26. The highest BCUT2D eigenvalue weighted by Gasteiger charge is 2.27. The van der Waals surface area contributed by atoms with Gasteiger partial charge in [-0.05, 0) is 58.2 Å². The van der Waals surface area contributed by atoms with E-state index in [1.807, 2.05) is 30.9 Å². The Kier molecular flexibility index (Phi) is 9.59. The summed E-state index contributed by atoms with van der Waals surface area (Å²) in [5.74, 6) is 6.13. The molecule has 0 saturated carbocycles. The third-order valence-electron chi connectivity index (χ3n) is 5.32. The van der Waals surface area contributed by atoms with Crippen LogP contribution in [0.2, 0.25) is 0 Å². The minimum Gasteiger partial charge on any atom is -0.383 e. The normalized spacial score (nSPS) is 16.5. The largest absolute Gasteiger partial charge is 0.383 e. The number of thiophene rings is 1. The lowest BCUT2D eigenvalue weighted by Crippen LogP contribution is -2.43. The van der Waals surface area contributed by atoms with Crippen LogP contribution in [0.25, 0.3) is 0 Å². The van der Waals surface area contributed by atoms with Crippen molar-refractivity contribution >= 4 is 23.1 Å². The van der Waals surface area contributed by atoms with Crippen molar-refractivity contribution in [2.24, 2.45) is 11.7 Å². The quantitative estimate of drug-likeness (QED) is 0.165. The summed E-state index contributed by atoms with van der Waals surface area (Å²) < 4.78 is 0. The number of amides is 1. The third-order valence-corrected chi connectivity index (χ3v) is 6.43. The number of nitrogen functional groups attached to an aromatic ring is 1. The standard InChI is InChI=1S/C24H35N5O2S/c1-6-18(12-15-28(5)31-24(3,4)7-2)13-16-29(23(30)20-9-8-14-27-20)17-19-10-11-21(32-19)22(25)26/h2,10-11,18,20,27H,6,8-9,13-14,16-17H2,1,3-5H3,(H3,25,26). The van der Waals surface area contributed by atoms with Crippen LogP contribution in [0, 0.1) is 35.6 Å². The number of amidine groups is 1. The van der Waals surface area contributed by atoms with Crippen molar-refractivity contribution in [3.63, 3.8) is 0 Å². The summed E-state index contributed by atoms with van der Waals surface area (Å²) >= 11 is 1.46. The molecule has 8 heteroatoms. The number of nitrogens with zero attached hydrogens (tertiary/aromatic N) is 2. The summed E-state index contributed by atoms with van der Waals surface area (Å²) in [4.78, 5) is 22.5. The summed E-state index contributed by atoms with van der Waals surface area (Å²) in [5, 5.41) is 12.4. The summed E-state index contributed by atoms with van der Waals surface area (Å²) in [6, 6.07) is 6.67. The van der Waals surface area contributed by atoms with E-state index in [1.165, 1.54) is 16.4 Å². The molecule has 2 unspecified atom stereocenters. The second-order valence-electron chi connectivity index (χ2n) is 8.48. The molecule has 0 aliphatic carbocycles. The molecular formula is C24H35N5O2S. The Hall–Kier alpha value is -2.52. The lowest BCUT2D eigenvalue weighted by atomic mass is 10.0. The first-order valence-corrected chi connectivity index (χ1v) is 11.8. The van der Waals surface area contributed by atoms with E-state index >= 15 is 0 Å². The van der Waals surface area contributed by atoms with Crippen LogP contribution in [0.3, 0.4) is 0 Å². The van der Waals surface area contributed by atoms with Crippen LogP contribution < -0.4 is 11.1 Å². The van der Waals surface area contributed by atoms with Gasteiger partial charge in [-0.3, -0.25) is 10.2 Å². The molecule has 1 aliphatic rings. The van der Waals surface area contributed by atoms with Crippen LogP contribution in [0.5, 0.6) is 0 Å². The Bertz CT molecular complexity index is 886. The molecule has 2 atom stereocenters. The van der Waals surface area contributed by atoms with Gasteiger partial charge in [0.2, 0.25) is 5.91 Å². The van der Waals surface area contributed by atoms with E-state index in [1.54, 1.807) is 7.05 Å². The molecule has 1 amide bonds. The third kappa shape index (κ3) is 7.87. The molecule has 0 bridgehead atoms. The smallest absolute Gasteiger partial charge is 0.240 e. The number of nitrogens with one attached hydrogen (secondary N) is 2. The van der Waals surface area contributed by atoms with Gasteiger partial charge in [0.05, 0.1) is 17.5 Å². The first-order valence-electron chi connectivity index (χ1n) is 11.0. The maximum Gasteiger partial charge on any atom is 0.240 e. The van der Waals surface area contributed by atoms with Crippen LogP contribution in [0.15, 0.2) is 12.1 Å². The first kappa shape index (κ1) is 25.7. The van der Waals surface area contributed by atoms with Crippen LogP contribution in [-0.2, 0) is 16.2 Å². The van der Waals surface area contributed by atoms with Crippen molar-refractivity contribution in [2.45, 2.75) is 64.6 Å². The van der Waals surface area contributed by atoms with E-state index in [2.05, 4.69) is 30.1 Å². The molecule has 32 heavy (non-hydrogen) atoms. The number of hydrogen-bond donors (Lipinski definition) is 3. The molecule has 4 N–H and O–H groups in total. The van der Waals surface area contributed by atoms with Crippen molar-refractivity contribution in [3.8, 4) is 24.3 Å². The molecule has 2 heterocycles. The molecule has 0 radical (unpaired) electrons. The predicted octanol–water partition coefficient (Wildman–Crippen LogP) is 2.77. The van der Waals surface area contributed by atoms with Crippen molar-refractivity contribution in [2.75, 3.05) is 20.1 Å². The van der Waals surface area contributed by atoms with E-state index in [-0.39, 0.29) is 23.7 Å². The Morgan fingerprint density at radius 2 is 2.25 bits per heavy atom. The SMILES string of the molecule is C#CC(C)(C)ON(C)C#CC(CC)CCN(Cc1ccc(C(=N)N)s1)C(=O)C1CCCN1. The fourth-order valence-corrected chi connectivity index (χ4v) is 4.33. The number of rotatable bonds is 10. The summed E-state index contributed by atoms with van der Waals surface area (Å²) in [6.45, 7) is 7.71. The van der Waals surface area contributed by atoms with E-state index in [9.17, 15) is 4.79 Å². The molecule has 2 rings (SSSR count). The van der Waals surface area contributed by atoms with Gasteiger partial charge in [0.15, 0.2) is 5.60 Å². The summed E-state index contributed by atoms with van der Waals surface area (Å²) in [5.41, 5.74) is 4.88. The van der Waals surface area contributed by atoms with Crippen LogP contribution in [0.4, 0.5) is 0 Å². The average Bonchev–Trinajstić information content (AvgIpc) is 3.44. The number of nitrogens with two attached hydrogens (primary N) is 1. The van der Waals surface area contributed by atoms with E-state index in [0.29, 0.717) is 13.1 Å². The number of carbonyl (C=O) groups excluding carboxylic acids is 1. The van der Waals surface area contributed by atoms with Crippen molar-refractivity contribution in [3.05, 3.63) is 21.9 Å². The molecule has 1 aromatic heterocycles. The Morgan fingerprint density at radius 1 is 1.50 bits per heavy atom. The zero-order valence-corrected chi connectivity index (χ0v) is 20.3. The predicted molar refractivity (Wildman–Crippen MR) is 130 cm³/mol. The Labute approximate surface area is 196 Å². The molecule has 0 aromatic carbocycles. The summed E-state index contributed by atoms with van der Waals surface area (Å²) in [7, 11) is 1.74. The van der Waals surface area contributed by atoms with E-state index in [0.717, 1.165) is 42.0 Å². The van der Waals surface area contributed by atoms with Gasteiger partial charge in [0, 0.05) is 30.4 Å². The molecule has 0 spiro atoms. The van der Waals surface area contributed by atoms with Gasteiger partial charge in [-0.1, -0.05) is 18.8 Å². The minimum absolute atomic E-state index is 0.0530. The first-order chi connectivity index (χ1) is 15.1. The van der Waals surface area contributed by atoms with Crippen molar-refractivity contribution in [1.29, 1.82) is 5.41 Å². The monoisotopic (exact) mass is 457 g/mol. The van der Waals surface area contributed by atoms with E-state index < -0.39 is 5.60 Å². The fraction of sp³-hybridized carbons (Fsp3) is 0.583. The van der Waals surface area contributed by atoms with Gasteiger partial charge in [-0.15, -0.1) is 17.8 Å². The van der Waals surface area contributed by atoms with Gasteiger partial charge >= 0.3 is 0 Å². The van der Waals surface area contributed by atoms with Crippen LogP contribution in [0.1, 0.15) is 56.2 Å². The molecule has 1 aromatic rings. The molecule has 1 fully saturated rings. The molecule has 7 nitrogen and oxygen atoms in total. The highest BCUT2D eigenvalue weighted by molar-refractivity contribution is 7.14. The minimum atomic E-state index is -0.720. The van der Waals surface area contributed by atoms with Crippen LogP contribution in [-0.4, -0.2) is 53.5 Å². The number of hydroxylamine groups is 2. The summed E-state index contributed by atoms with van der Waals surface area (Å²) in [6.07, 6.45) is 8.98. The van der Waals surface area contributed by atoms with Gasteiger partial charge < -0.3 is 16.0 Å². The van der Waals surface area contributed by atoms with Gasteiger partial charge in [0.1, 0.15) is 5.84 Å². The maximum absolute atomic E-state index is 13.2. The fourth-order valence-electron chi connectivity index (χ4n) is 3.44. The van der Waals surface area contributed by atoms with Gasteiger partial charge in [0.25, 0.3) is 0 Å². The number of hydrogen-bond acceptors (Lipinski definition) is 6. The van der Waals surface area contributed by atoms with Crippen LogP contribution >= 0.6 is 11.3 Å². The Balaban J connectivity index is 2.05. The second kappa shape index (κ2) is 11.9. The topological polar surface area (TPSA) is 94.7 Å². The zero-order valence-electron chi connectivity index (χ0n) is 19.5. The second-order valence-corrected chi connectivity index (χ2v) is 9.65. The molecular weight excluding hydrogens is 422 g/mol. The lowest BCUT2D eigenvalue weighted by molar-refractivity contribution is -0.158. The number of terminal acetylenes is 1. The molecule has 174 valence electrons. The highest BCUT2D eigenvalue weighted by Crippen LogP contribution is 2.21. The average molecular weight is 458 g/mol. The number of carbonyl (C=O) groups is 1. The highest BCUT2D eigenvalue weighted by atomic mass is 32.1. The maximum atomic E-state index is 13.2. The zero-order chi connectivity index (χ0) is 23.7. The molecule has 1 saturated heterocycles. The van der Waals surface area contributed by atoms with Gasteiger partial charge in [-0.2, -0.15) is 0 Å².